The Morgan fingerprint density at radius 1 is 1.59 bits per heavy atom. The van der Waals surface area contributed by atoms with Crippen molar-refractivity contribution in [2.75, 3.05) is 18.5 Å². The standard InChI is InChI=1S/C13H15BrN2O/c1-9(7-15)8-16(3)13-5-4-11(10(2)17)6-12(13)14/h4-6,9H,8H2,1-3H3. The maximum Gasteiger partial charge on any atom is 0.159 e. The summed E-state index contributed by atoms with van der Waals surface area (Å²) in [7, 11) is 1.93. The first-order valence-electron chi connectivity index (χ1n) is 5.37. The minimum Gasteiger partial charge on any atom is -0.372 e. The van der Waals surface area contributed by atoms with Crippen molar-refractivity contribution >= 4 is 27.4 Å². The molecule has 90 valence electrons. The van der Waals surface area contributed by atoms with Gasteiger partial charge in [-0.1, -0.05) is 0 Å². The van der Waals surface area contributed by atoms with Crippen LogP contribution in [0.1, 0.15) is 24.2 Å². The van der Waals surface area contributed by atoms with Crippen LogP contribution in [0.5, 0.6) is 0 Å². The van der Waals surface area contributed by atoms with Gasteiger partial charge in [-0.05, 0) is 48.0 Å². The SMILES string of the molecule is CC(=O)c1ccc(N(C)CC(C)C#N)c(Br)c1. The van der Waals surface area contributed by atoms with Gasteiger partial charge in [-0.25, -0.2) is 0 Å². The lowest BCUT2D eigenvalue weighted by molar-refractivity contribution is 0.101. The fourth-order valence-electron chi connectivity index (χ4n) is 1.59. The highest BCUT2D eigenvalue weighted by Crippen LogP contribution is 2.27. The van der Waals surface area contributed by atoms with Gasteiger partial charge in [-0.3, -0.25) is 4.79 Å². The average molecular weight is 295 g/mol. The number of benzene rings is 1. The summed E-state index contributed by atoms with van der Waals surface area (Å²) in [6, 6.07) is 7.71. The summed E-state index contributed by atoms with van der Waals surface area (Å²) in [5.41, 5.74) is 1.67. The number of anilines is 1. The molecule has 17 heavy (non-hydrogen) atoms. The predicted octanol–water partition coefficient (Wildman–Crippen LogP) is 3.25. The number of halogens is 1. The molecule has 0 fully saturated rings. The van der Waals surface area contributed by atoms with E-state index in [0.29, 0.717) is 12.1 Å². The molecule has 0 heterocycles. The van der Waals surface area contributed by atoms with Gasteiger partial charge in [-0.2, -0.15) is 5.26 Å². The number of rotatable bonds is 4. The summed E-state index contributed by atoms with van der Waals surface area (Å²) in [4.78, 5) is 13.2. The van der Waals surface area contributed by atoms with E-state index in [4.69, 9.17) is 5.26 Å². The van der Waals surface area contributed by atoms with Crippen LogP contribution in [0.3, 0.4) is 0 Å². The van der Waals surface area contributed by atoms with Crippen LogP contribution in [0.2, 0.25) is 0 Å². The highest BCUT2D eigenvalue weighted by molar-refractivity contribution is 9.10. The Labute approximate surface area is 110 Å². The molecule has 0 amide bonds. The smallest absolute Gasteiger partial charge is 0.159 e. The van der Waals surface area contributed by atoms with Crippen LogP contribution in [0.25, 0.3) is 0 Å². The lowest BCUT2D eigenvalue weighted by atomic mass is 10.1. The molecule has 0 bridgehead atoms. The zero-order valence-corrected chi connectivity index (χ0v) is 11.8. The number of ketones is 1. The largest absolute Gasteiger partial charge is 0.372 e. The zero-order valence-electron chi connectivity index (χ0n) is 10.2. The molecule has 0 saturated heterocycles. The van der Waals surface area contributed by atoms with Gasteiger partial charge in [0.15, 0.2) is 5.78 Å². The summed E-state index contributed by atoms with van der Waals surface area (Å²) in [5.74, 6) is 0.0182. The van der Waals surface area contributed by atoms with Crippen LogP contribution in [0, 0.1) is 17.2 Å². The van der Waals surface area contributed by atoms with Gasteiger partial charge in [-0.15, -0.1) is 0 Å². The number of Topliss-reactive ketones (excluding diaryl/α,β-unsaturated/α-hetero) is 1. The van der Waals surface area contributed by atoms with Crippen molar-refractivity contribution < 1.29 is 4.79 Å². The van der Waals surface area contributed by atoms with E-state index in [1.54, 1.807) is 13.0 Å². The number of hydrogen-bond donors (Lipinski definition) is 0. The topological polar surface area (TPSA) is 44.1 Å². The van der Waals surface area contributed by atoms with E-state index in [1.165, 1.54) is 0 Å². The Kier molecular flexibility index (Phi) is 4.71. The van der Waals surface area contributed by atoms with Crippen LogP contribution < -0.4 is 4.90 Å². The molecule has 1 unspecified atom stereocenters. The summed E-state index contributed by atoms with van der Waals surface area (Å²) >= 11 is 3.45. The molecule has 0 N–H and O–H groups in total. The molecule has 1 atom stereocenters. The average Bonchev–Trinajstić information content (AvgIpc) is 2.28. The van der Waals surface area contributed by atoms with E-state index in [9.17, 15) is 4.79 Å². The summed E-state index contributed by atoms with van der Waals surface area (Å²) in [6.07, 6.45) is 0. The first-order valence-corrected chi connectivity index (χ1v) is 6.16. The van der Waals surface area contributed by atoms with Crippen LogP contribution >= 0.6 is 15.9 Å². The molecule has 1 aromatic rings. The van der Waals surface area contributed by atoms with Crippen LogP contribution in [0.15, 0.2) is 22.7 Å². The molecule has 0 aliphatic heterocycles. The Hall–Kier alpha value is -1.34. The molecule has 4 heteroatoms. The van der Waals surface area contributed by atoms with Gasteiger partial charge in [0.1, 0.15) is 0 Å². The van der Waals surface area contributed by atoms with Crippen molar-refractivity contribution in [2.24, 2.45) is 5.92 Å². The maximum absolute atomic E-state index is 11.2. The van der Waals surface area contributed by atoms with Gasteiger partial charge < -0.3 is 4.90 Å². The molecule has 0 radical (unpaired) electrons. The van der Waals surface area contributed by atoms with Crippen molar-refractivity contribution in [3.8, 4) is 6.07 Å². The molecule has 0 aromatic heterocycles. The molecule has 1 rings (SSSR count). The molecule has 3 nitrogen and oxygen atoms in total. The van der Waals surface area contributed by atoms with E-state index >= 15 is 0 Å². The predicted molar refractivity (Wildman–Crippen MR) is 72.2 cm³/mol. The highest BCUT2D eigenvalue weighted by atomic mass is 79.9. The second-order valence-electron chi connectivity index (χ2n) is 4.13. The Bertz CT molecular complexity index is 465. The van der Waals surface area contributed by atoms with Crippen LogP contribution in [-0.4, -0.2) is 19.4 Å². The first kappa shape index (κ1) is 13.7. The summed E-state index contributed by atoms with van der Waals surface area (Å²) in [5, 5.41) is 8.78. The van der Waals surface area contributed by atoms with Gasteiger partial charge in [0.2, 0.25) is 0 Å². The Morgan fingerprint density at radius 3 is 2.71 bits per heavy atom. The van der Waals surface area contributed by atoms with Gasteiger partial charge in [0.25, 0.3) is 0 Å². The van der Waals surface area contributed by atoms with Gasteiger partial charge in [0, 0.05) is 23.6 Å². The molecule has 0 aliphatic carbocycles. The van der Waals surface area contributed by atoms with E-state index < -0.39 is 0 Å². The zero-order chi connectivity index (χ0) is 13.0. The molecule has 1 aromatic carbocycles. The lowest BCUT2D eigenvalue weighted by Gasteiger charge is -2.22. The summed E-state index contributed by atoms with van der Waals surface area (Å²) < 4.78 is 0.873. The Morgan fingerprint density at radius 2 is 2.24 bits per heavy atom. The van der Waals surface area contributed by atoms with Gasteiger partial charge >= 0.3 is 0 Å². The first-order chi connectivity index (χ1) is 7.95. The Balaban J connectivity index is 2.93. The van der Waals surface area contributed by atoms with E-state index in [2.05, 4.69) is 22.0 Å². The third-order valence-electron chi connectivity index (χ3n) is 2.53. The van der Waals surface area contributed by atoms with Crippen molar-refractivity contribution in [3.05, 3.63) is 28.2 Å². The van der Waals surface area contributed by atoms with Crippen molar-refractivity contribution in [3.63, 3.8) is 0 Å². The van der Waals surface area contributed by atoms with Crippen molar-refractivity contribution in [1.82, 2.24) is 0 Å². The molecule has 0 aliphatic rings. The lowest BCUT2D eigenvalue weighted by Crippen LogP contribution is -2.23. The molecule has 0 spiro atoms. The quantitative estimate of drug-likeness (QED) is 0.801. The van der Waals surface area contributed by atoms with Crippen molar-refractivity contribution in [1.29, 1.82) is 5.26 Å². The highest BCUT2D eigenvalue weighted by Gasteiger charge is 2.10. The maximum atomic E-state index is 11.2. The van der Waals surface area contributed by atoms with Crippen LogP contribution in [0.4, 0.5) is 5.69 Å². The normalized spacial score (nSPS) is 11.7. The fraction of sp³-hybridized carbons (Fsp3) is 0.385. The fourth-order valence-corrected chi connectivity index (χ4v) is 2.27. The van der Waals surface area contributed by atoms with E-state index in [-0.39, 0.29) is 11.7 Å². The third-order valence-corrected chi connectivity index (χ3v) is 3.17. The van der Waals surface area contributed by atoms with Crippen molar-refractivity contribution in [2.45, 2.75) is 13.8 Å². The van der Waals surface area contributed by atoms with Gasteiger partial charge in [0.05, 0.1) is 17.7 Å². The second kappa shape index (κ2) is 5.83. The monoisotopic (exact) mass is 294 g/mol. The minimum absolute atomic E-state index is 0.0283. The number of nitriles is 1. The molecule has 0 saturated carbocycles. The van der Waals surface area contributed by atoms with E-state index in [0.717, 1.165) is 10.2 Å². The number of nitrogens with zero attached hydrogens (tertiary/aromatic N) is 2. The number of carbonyl (C=O) groups excluding carboxylic acids is 1. The number of hydrogen-bond acceptors (Lipinski definition) is 3. The minimum atomic E-state index is -0.0283. The number of carbonyl (C=O) groups is 1. The molecular formula is C13H15BrN2O. The summed E-state index contributed by atoms with van der Waals surface area (Å²) in [6.45, 7) is 4.09. The van der Waals surface area contributed by atoms with E-state index in [1.807, 2.05) is 31.0 Å². The second-order valence-corrected chi connectivity index (χ2v) is 4.99. The third kappa shape index (κ3) is 3.57. The molecular weight excluding hydrogens is 280 g/mol. The van der Waals surface area contributed by atoms with Crippen LogP contribution in [-0.2, 0) is 0 Å².